The number of benzene rings is 1. The highest BCUT2D eigenvalue weighted by molar-refractivity contribution is 6.01. The number of hydrogen-bond acceptors (Lipinski definition) is 3. The van der Waals surface area contributed by atoms with Crippen LogP contribution in [0.25, 0.3) is 16.3 Å². The van der Waals surface area contributed by atoms with Gasteiger partial charge in [0, 0.05) is 34.9 Å². The maximum atomic E-state index is 5.53. The van der Waals surface area contributed by atoms with Crippen LogP contribution in [0.2, 0.25) is 0 Å². The van der Waals surface area contributed by atoms with Crippen molar-refractivity contribution in [2.75, 3.05) is 6.79 Å². The fraction of sp³-hybridized carbons (Fsp3) is 0.286. The molecular formula is C21H21N3O2. The molecule has 132 valence electrons. The fourth-order valence-corrected chi connectivity index (χ4v) is 4.16. The molecule has 1 aliphatic heterocycles. The smallest absolute Gasteiger partial charge is 0.231 e. The second-order valence-electron chi connectivity index (χ2n) is 7.13. The predicted octanol–water partition coefficient (Wildman–Crippen LogP) is 4.30. The van der Waals surface area contributed by atoms with E-state index >= 15 is 0 Å². The number of aromatic nitrogens is 3. The van der Waals surface area contributed by atoms with Crippen molar-refractivity contribution in [3.8, 4) is 11.5 Å². The number of hydrogen-bond donors (Lipinski definition) is 0. The summed E-state index contributed by atoms with van der Waals surface area (Å²) in [5.74, 6) is 1.65. The lowest BCUT2D eigenvalue weighted by Gasteiger charge is -2.10. The summed E-state index contributed by atoms with van der Waals surface area (Å²) in [7, 11) is 0. The average Bonchev–Trinajstić information content (AvgIpc) is 3.27. The van der Waals surface area contributed by atoms with E-state index in [0.717, 1.165) is 23.7 Å². The van der Waals surface area contributed by atoms with Crippen LogP contribution < -0.4 is 9.47 Å². The lowest BCUT2D eigenvalue weighted by Crippen LogP contribution is -2.03. The van der Waals surface area contributed by atoms with E-state index in [4.69, 9.17) is 14.6 Å². The Hall–Kier alpha value is -2.95. The summed E-state index contributed by atoms with van der Waals surface area (Å²) in [6.45, 7) is 9.69. The summed E-state index contributed by atoms with van der Waals surface area (Å²) in [6, 6.07) is 8.40. The summed E-state index contributed by atoms with van der Waals surface area (Å²) in [5, 5.41) is 7.31. The lowest BCUT2D eigenvalue weighted by atomic mass is 10.1. The average molecular weight is 347 g/mol. The molecule has 26 heavy (non-hydrogen) atoms. The molecule has 0 radical (unpaired) electrons. The van der Waals surface area contributed by atoms with Crippen LogP contribution in [0.5, 0.6) is 11.5 Å². The fourth-order valence-electron chi connectivity index (χ4n) is 4.16. The van der Waals surface area contributed by atoms with Gasteiger partial charge in [-0.25, -0.2) is 4.52 Å². The van der Waals surface area contributed by atoms with Crippen LogP contribution in [0, 0.1) is 27.7 Å². The van der Waals surface area contributed by atoms with E-state index in [1.165, 1.54) is 38.8 Å². The minimum Gasteiger partial charge on any atom is -0.454 e. The van der Waals surface area contributed by atoms with Gasteiger partial charge in [0.2, 0.25) is 6.79 Å². The highest BCUT2D eigenvalue weighted by Gasteiger charge is 2.19. The molecule has 1 aliphatic rings. The van der Waals surface area contributed by atoms with Gasteiger partial charge in [-0.1, -0.05) is 6.07 Å². The SMILES string of the molecule is Cc1cc2c3c(C)n(Cc4ccc5c(c4)OCO5)c(C)c3c(C)nn2c1. The standard InChI is InChI=1S/C21H21N3O2/c1-12-7-17-21-15(4)23(14(3)20(21)13(2)22-24(17)9-12)10-16-5-6-18-19(8-16)26-11-25-18/h5-9H,10-11H2,1-4H3. The van der Waals surface area contributed by atoms with Crippen molar-refractivity contribution in [1.82, 2.24) is 14.2 Å². The van der Waals surface area contributed by atoms with Gasteiger partial charge < -0.3 is 14.0 Å². The molecule has 5 heteroatoms. The minimum atomic E-state index is 0.306. The normalized spacial score (nSPS) is 13.2. The number of aryl methyl sites for hydroxylation is 4. The van der Waals surface area contributed by atoms with Crippen molar-refractivity contribution in [3.05, 3.63) is 58.7 Å². The summed E-state index contributed by atoms with van der Waals surface area (Å²) in [6.07, 6.45) is 2.09. The quantitative estimate of drug-likeness (QED) is 0.543. The number of nitrogens with zero attached hydrogens (tertiary/aromatic N) is 3. The third kappa shape index (κ3) is 2.06. The predicted molar refractivity (Wildman–Crippen MR) is 101 cm³/mol. The lowest BCUT2D eigenvalue weighted by molar-refractivity contribution is 0.174. The molecule has 5 nitrogen and oxygen atoms in total. The largest absolute Gasteiger partial charge is 0.454 e. The molecule has 0 amide bonds. The van der Waals surface area contributed by atoms with Gasteiger partial charge in [0.05, 0.1) is 11.2 Å². The maximum absolute atomic E-state index is 5.53. The molecule has 3 aromatic heterocycles. The molecule has 0 aliphatic carbocycles. The first-order valence-corrected chi connectivity index (χ1v) is 8.86. The zero-order valence-corrected chi connectivity index (χ0v) is 15.5. The molecule has 0 fully saturated rings. The summed E-state index contributed by atoms with van der Waals surface area (Å²) >= 11 is 0. The van der Waals surface area contributed by atoms with Gasteiger partial charge in [-0.05, 0) is 57.0 Å². The van der Waals surface area contributed by atoms with Gasteiger partial charge >= 0.3 is 0 Å². The Morgan fingerprint density at radius 1 is 0.962 bits per heavy atom. The second kappa shape index (κ2) is 5.27. The van der Waals surface area contributed by atoms with E-state index in [2.05, 4.69) is 56.7 Å². The van der Waals surface area contributed by atoms with Gasteiger partial charge in [0.25, 0.3) is 0 Å². The zero-order chi connectivity index (χ0) is 18.0. The Balaban J connectivity index is 1.71. The van der Waals surface area contributed by atoms with Crippen LogP contribution in [-0.4, -0.2) is 21.0 Å². The van der Waals surface area contributed by atoms with Gasteiger partial charge in [-0.15, -0.1) is 0 Å². The summed E-state index contributed by atoms with van der Waals surface area (Å²) in [4.78, 5) is 0. The summed E-state index contributed by atoms with van der Waals surface area (Å²) < 4.78 is 15.3. The van der Waals surface area contributed by atoms with Crippen LogP contribution in [0.4, 0.5) is 0 Å². The van der Waals surface area contributed by atoms with E-state index in [1.807, 2.05) is 10.6 Å². The molecule has 1 aromatic carbocycles. The van der Waals surface area contributed by atoms with Crippen LogP contribution in [0.3, 0.4) is 0 Å². The first-order chi connectivity index (χ1) is 12.5. The number of fused-ring (bicyclic) bond motifs is 4. The van der Waals surface area contributed by atoms with E-state index in [0.29, 0.717) is 6.79 Å². The molecular weight excluding hydrogens is 326 g/mol. The van der Waals surface area contributed by atoms with Crippen molar-refractivity contribution < 1.29 is 9.47 Å². The Kier molecular flexibility index (Phi) is 3.11. The van der Waals surface area contributed by atoms with Crippen molar-refractivity contribution in [2.45, 2.75) is 34.2 Å². The highest BCUT2D eigenvalue weighted by atomic mass is 16.7. The second-order valence-corrected chi connectivity index (χ2v) is 7.13. The Morgan fingerprint density at radius 3 is 2.58 bits per heavy atom. The third-order valence-electron chi connectivity index (χ3n) is 5.37. The number of rotatable bonds is 2. The summed E-state index contributed by atoms with van der Waals surface area (Å²) in [5.41, 5.74) is 7.19. The molecule has 4 aromatic rings. The van der Waals surface area contributed by atoms with Gasteiger partial charge in [0.15, 0.2) is 11.5 Å². The molecule has 0 saturated heterocycles. The number of ether oxygens (including phenoxy) is 2. The Bertz CT molecular complexity index is 1180. The van der Waals surface area contributed by atoms with Crippen molar-refractivity contribution >= 4 is 16.3 Å². The topological polar surface area (TPSA) is 40.7 Å². The molecule has 0 N–H and O–H groups in total. The monoisotopic (exact) mass is 347 g/mol. The molecule has 5 rings (SSSR count). The Labute approximate surface area is 151 Å². The van der Waals surface area contributed by atoms with Crippen LogP contribution in [-0.2, 0) is 6.54 Å². The van der Waals surface area contributed by atoms with Gasteiger partial charge in [-0.2, -0.15) is 5.10 Å². The molecule has 0 bridgehead atoms. The molecule has 0 unspecified atom stereocenters. The highest BCUT2D eigenvalue weighted by Crippen LogP contribution is 2.35. The van der Waals surface area contributed by atoms with Crippen molar-refractivity contribution in [1.29, 1.82) is 0 Å². The molecule has 0 spiro atoms. The van der Waals surface area contributed by atoms with E-state index < -0.39 is 0 Å². The van der Waals surface area contributed by atoms with Gasteiger partial charge in [-0.3, -0.25) is 0 Å². The maximum Gasteiger partial charge on any atom is 0.231 e. The third-order valence-corrected chi connectivity index (χ3v) is 5.37. The van der Waals surface area contributed by atoms with Crippen molar-refractivity contribution in [3.63, 3.8) is 0 Å². The molecule has 0 saturated carbocycles. The van der Waals surface area contributed by atoms with E-state index in [-0.39, 0.29) is 0 Å². The zero-order valence-electron chi connectivity index (χ0n) is 15.5. The molecule has 0 atom stereocenters. The first kappa shape index (κ1) is 15.3. The Morgan fingerprint density at radius 2 is 1.73 bits per heavy atom. The first-order valence-electron chi connectivity index (χ1n) is 8.86. The minimum absolute atomic E-state index is 0.306. The van der Waals surface area contributed by atoms with Crippen LogP contribution in [0.15, 0.2) is 30.5 Å². The molecule has 4 heterocycles. The van der Waals surface area contributed by atoms with Crippen LogP contribution in [0.1, 0.15) is 28.2 Å². The van der Waals surface area contributed by atoms with Crippen LogP contribution >= 0.6 is 0 Å². The van der Waals surface area contributed by atoms with E-state index in [1.54, 1.807) is 0 Å². The van der Waals surface area contributed by atoms with Gasteiger partial charge in [0.1, 0.15) is 0 Å². The van der Waals surface area contributed by atoms with E-state index in [9.17, 15) is 0 Å². The van der Waals surface area contributed by atoms with Crippen molar-refractivity contribution in [2.24, 2.45) is 0 Å².